The monoisotopic (exact) mass is 445 g/mol. The van der Waals surface area contributed by atoms with Gasteiger partial charge in [0, 0.05) is 28.7 Å². The van der Waals surface area contributed by atoms with Crippen LogP contribution >= 0.6 is 0 Å². The first-order chi connectivity index (χ1) is 15.0. The van der Waals surface area contributed by atoms with Gasteiger partial charge in [0.25, 0.3) is 11.8 Å². The Kier molecular flexibility index (Phi) is 6.21. The van der Waals surface area contributed by atoms with Crippen LogP contribution < -0.4 is 21.7 Å². The molecule has 0 aliphatic heterocycles. The normalized spacial score (nSPS) is 11.3. The molecule has 0 fully saturated rings. The minimum Gasteiger partial charge on any atom is -0.410 e. The Morgan fingerprint density at radius 2 is 1.84 bits per heavy atom. The van der Waals surface area contributed by atoms with E-state index in [2.05, 4.69) is 10.1 Å². The molecule has 0 saturated carbocycles. The fourth-order valence-corrected chi connectivity index (χ4v) is 3.26. The highest BCUT2D eigenvalue weighted by Crippen LogP contribution is 2.39. The maximum absolute atomic E-state index is 14.4. The Morgan fingerprint density at radius 1 is 1.19 bits per heavy atom. The molecular weight excluding hydrogens is 424 g/mol. The lowest BCUT2D eigenvalue weighted by atomic mass is 9.83. The zero-order valence-corrected chi connectivity index (χ0v) is 17.5. The lowest BCUT2D eigenvalue weighted by Gasteiger charge is -2.24. The Balaban J connectivity index is 1.99. The minimum absolute atomic E-state index is 0.00917. The number of carbonyl (C=O) groups is 2. The van der Waals surface area contributed by atoms with Crippen molar-refractivity contribution in [2.45, 2.75) is 32.6 Å². The molecule has 0 aliphatic carbocycles. The van der Waals surface area contributed by atoms with Crippen molar-refractivity contribution in [3.63, 3.8) is 0 Å². The first kappa shape index (κ1) is 22.8. The van der Waals surface area contributed by atoms with Crippen LogP contribution in [-0.2, 0) is 11.8 Å². The van der Waals surface area contributed by atoms with E-state index in [1.165, 1.54) is 0 Å². The van der Waals surface area contributed by atoms with Crippen molar-refractivity contribution >= 4 is 12.0 Å². The molecule has 9 nitrogen and oxygen atoms in total. The molecule has 2 amide bonds. The number of halogens is 2. The Labute approximate surface area is 181 Å². The van der Waals surface area contributed by atoms with Crippen LogP contribution in [0.4, 0.5) is 13.6 Å². The van der Waals surface area contributed by atoms with Crippen molar-refractivity contribution in [1.82, 2.24) is 15.6 Å². The van der Waals surface area contributed by atoms with Crippen molar-refractivity contribution in [2.24, 2.45) is 11.6 Å². The number of nitrogens with zero attached hydrogens (tertiary/aromatic N) is 2. The Hall–Kier alpha value is -3.86. The van der Waals surface area contributed by atoms with Crippen molar-refractivity contribution < 1.29 is 27.6 Å². The maximum Gasteiger partial charge on any atom is 0.409 e. The molecular formula is C21H21F2N5O4. The number of carbonyl (C=O) groups excluding carboxylic acids is 2. The molecule has 5 N–H and O–H groups in total. The highest BCUT2D eigenvalue weighted by atomic mass is 19.1. The molecule has 0 unspecified atom stereocenters. The number of benzene rings is 2. The van der Waals surface area contributed by atoms with Crippen molar-refractivity contribution in [3.8, 4) is 17.2 Å². The van der Waals surface area contributed by atoms with Gasteiger partial charge in [0.2, 0.25) is 0 Å². The topological polar surface area (TPSA) is 146 Å². The molecule has 0 saturated heterocycles. The van der Waals surface area contributed by atoms with Crippen LogP contribution in [0.25, 0.3) is 11.5 Å². The minimum atomic E-state index is -0.975. The molecule has 3 aromatic rings. The van der Waals surface area contributed by atoms with E-state index in [1.807, 2.05) is 26.2 Å². The second kappa shape index (κ2) is 8.71. The number of hydrazine groups is 1. The summed E-state index contributed by atoms with van der Waals surface area (Å²) in [4.78, 5) is 27.0. The quantitative estimate of drug-likeness (QED) is 0.311. The number of ether oxygens (including phenoxy) is 1. The van der Waals surface area contributed by atoms with Gasteiger partial charge in [-0.15, -0.1) is 0 Å². The molecule has 168 valence electrons. The van der Waals surface area contributed by atoms with Crippen LogP contribution in [0, 0.1) is 11.6 Å². The van der Waals surface area contributed by atoms with Gasteiger partial charge in [0.15, 0.2) is 5.82 Å². The first-order valence-electron chi connectivity index (χ1n) is 9.44. The number of hydrogen-bond acceptors (Lipinski definition) is 7. The third-order valence-corrected chi connectivity index (χ3v) is 4.55. The summed E-state index contributed by atoms with van der Waals surface area (Å²) >= 11 is 0. The molecule has 2 aromatic carbocycles. The summed E-state index contributed by atoms with van der Waals surface area (Å²) in [6.07, 6.45) is -1.30. The molecule has 0 bridgehead atoms. The standard InChI is InChI=1S/C21H21F2N5O4/c1-21(2,3)17-11(5-4-6-15(17)31-20(24)30)19-26-16(28-32-19)9-12-13(22)7-10(8-14(12)23)18(29)27-25/h4-8H,9,25H2,1-3H3,(H2,24,30)(H,27,29). The molecule has 3 rings (SSSR count). The highest BCUT2D eigenvalue weighted by molar-refractivity contribution is 5.93. The van der Waals surface area contributed by atoms with Crippen molar-refractivity contribution in [2.75, 3.05) is 0 Å². The summed E-state index contributed by atoms with van der Waals surface area (Å²) in [5, 5.41) is 3.81. The smallest absolute Gasteiger partial charge is 0.409 e. The summed E-state index contributed by atoms with van der Waals surface area (Å²) in [5.74, 6) is 2.56. The third kappa shape index (κ3) is 4.72. The molecule has 0 atom stereocenters. The van der Waals surface area contributed by atoms with Crippen LogP contribution in [-0.4, -0.2) is 22.1 Å². The molecule has 11 heteroatoms. The number of aromatic nitrogens is 2. The number of hydrogen-bond donors (Lipinski definition) is 3. The van der Waals surface area contributed by atoms with Gasteiger partial charge in [0.05, 0.1) is 0 Å². The summed E-state index contributed by atoms with van der Waals surface area (Å²) in [5.41, 5.74) is 6.93. The fraction of sp³-hybridized carbons (Fsp3) is 0.238. The van der Waals surface area contributed by atoms with E-state index in [9.17, 15) is 18.4 Å². The van der Waals surface area contributed by atoms with E-state index in [0.29, 0.717) is 11.1 Å². The van der Waals surface area contributed by atoms with E-state index in [0.717, 1.165) is 12.1 Å². The summed E-state index contributed by atoms with van der Waals surface area (Å²) in [6, 6.07) is 6.62. The average Bonchev–Trinajstić information content (AvgIpc) is 3.17. The van der Waals surface area contributed by atoms with Gasteiger partial charge in [0.1, 0.15) is 17.4 Å². The van der Waals surface area contributed by atoms with E-state index < -0.39 is 29.0 Å². The van der Waals surface area contributed by atoms with Gasteiger partial charge in [-0.1, -0.05) is 32.0 Å². The fourth-order valence-electron chi connectivity index (χ4n) is 3.26. The summed E-state index contributed by atoms with van der Waals surface area (Å²) in [7, 11) is 0. The number of primary amides is 1. The van der Waals surface area contributed by atoms with Gasteiger partial charge < -0.3 is 15.0 Å². The van der Waals surface area contributed by atoms with Gasteiger partial charge in [-0.2, -0.15) is 4.98 Å². The van der Waals surface area contributed by atoms with Gasteiger partial charge >= 0.3 is 6.09 Å². The lowest BCUT2D eigenvalue weighted by molar-refractivity contribution is 0.0952. The van der Waals surface area contributed by atoms with Crippen LogP contribution in [0.2, 0.25) is 0 Å². The zero-order chi connectivity index (χ0) is 23.6. The summed E-state index contributed by atoms with van der Waals surface area (Å²) < 4.78 is 39.3. The van der Waals surface area contributed by atoms with E-state index >= 15 is 0 Å². The average molecular weight is 445 g/mol. The molecule has 1 aromatic heterocycles. The zero-order valence-electron chi connectivity index (χ0n) is 17.5. The highest BCUT2D eigenvalue weighted by Gasteiger charge is 2.27. The van der Waals surface area contributed by atoms with Crippen LogP contribution in [0.3, 0.4) is 0 Å². The maximum atomic E-state index is 14.4. The molecule has 0 radical (unpaired) electrons. The predicted molar refractivity (Wildman–Crippen MR) is 109 cm³/mol. The SMILES string of the molecule is CC(C)(C)c1c(OC(N)=O)cccc1-c1nc(Cc2c(F)cc(C(=O)NN)cc2F)no1. The van der Waals surface area contributed by atoms with Crippen molar-refractivity contribution in [1.29, 1.82) is 0 Å². The number of rotatable bonds is 5. The predicted octanol–water partition coefficient (Wildman–Crippen LogP) is 2.96. The first-order valence-corrected chi connectivity index (χ1v) is 9.44. The van der Waals surface area contributed by atoms with Crippen molar-refractivity contribution in [3.05, 3.63) is 64.5 Å². The Bertz CT molecular complexity index is 1160. The van der Waals surface area contributed by atoms with Gasteiger partial charge in [-0.25, -0.2) is 19.4 Å². The lowest BCUT2D eigenvalue weighted by Crippen LogP contribution is -2.30. The van der Waals surface area contributed by atoms with E-state index in [4.69, 9.17) is 20.8 Å². The van der Waals surface area contributed by atoms with E-state index in [-0.39, 0.29) is 35.0 Å². The van der Waals surface area contributed by atoms with Crippen LogP contribution in [0.1, 0.15) is 48.1 Å². The van der Waals surface area contributed by atoms with Gasteiger partial charge in [-0.3, -0.25) is 10.2 Å². The Morgan fingerprint density at radius 3 is 2.41 bits per heavy atom. The molecule has 32 heavy (non-hydrogen) atoms. The second-order valence-corrected chi connectivity index (χ2v) is 7.93. The number of nitrogens with two attached hydrogens (primary N) is 2. The summed E-state index contributed by atoms with van der Waals surface area (Å²) in [6.45, 7) is 5.67. The molecule has 0 aliphatic rings. The van der Waals surface area contributed by atoms with Gasteiger partial charge in [-0.05, 0) is 29.7 Å². The second-order valence-electron chi connectivity index (χ2n) is 7.93. The number of amides is 2. The molecule has 0 spiro atoms. The number of nitrogen functional groups attached to an aromatic ring is 1. The number of nitrogens with one attached hydrogen (secondary N) is 1. The van der Waals surface area contributed by atoms with Crippen LogP contribution in [0.5, 0.6) is 5.75 Å². The van der Waals surface area contributed by atoms with Crippen LogP contribution in [0.15, 0.2) is 34.9 Å². The third-order valence-electron chi connectivity index (χ3n) is 4.55. The largest absolute Gasteiger partial charge is 0.410 e. The molecule has 1 heterocycles. The van der Waals surface area contributed by atoms with E-state index in [1.54, 1.807) is 18.2 Å².